The highest BCUT2D eigenvalue weighted by molar-refractivity contribution is 7.99. The molecule has 0 bridgehead atoms. The average Bonchev–Trinajstić information content (AvgIpc) is 2.44. The zero-order valence-corrected chi connectivity index (χ0v) is 13.4. The van der Waals surface area contributed by atoms with Gasteiger partial charge in [-0.05, 0) is 24.0 Å². The summed E-state index contributed by atoms with van der Waals surface area (Å²) in [4.78, 5) is 18.4. The Hall–Kier alpha value is -1.59. The maximum Gasteiger partial charge on any atom is 0.251 e. The minimum Gasteiger partial charge on any atom is -0.323 e. The predicted molar refractivity (Wildman–Crippen MR) is 87.8 cm³/mol. The Labute approximate surface area is 129 Å². The molecule has 1 aromatic carbocycles. The molecule has 0 fully saturated rings. The number of H-pyrrole nitrogens is 1. The minimum absolute atomic E-state index is 0.0815. The van der Waals surface area contributed by atoms with Crippen LogP contribution >= 0.6 is 11.8 Å². The Balaban J connectivity index is 2.00. The van der Waals surface area contributed by atoms with Gasteiger partial charge in [-0.1, -0.05) is 49.9 Å². The zero-order chi connectivity index (χ0) is 15.4. The molecule has 5 heteroatoms. The van der Waals surface area contributed by atoms with Gasteiger partial charge in [0.1, 0.15) is 0 Å². The van der Waals surface area contributed by atoms with Crippen LogP contribution < -0.4 is 11.3 Å². The monoisotopic (exact) mass is 303 g/mol. The standard InChI is InChI=1S/C16H21N3OS/c1-10(2)12-4-6-13(7-5-12)14(17)9-21-16-18-11(3)8-15(20)19-16/h4-8,10,14H,9,17H2,1-3H3,(H,18,19,20). The maximum absolute atomic E-state index is 11.4. The third-order valence-corrected chi connectivity index (χ3v) is 4.27. The van der Waals surface area contributed by atoms with Crippen molar-refractivity contribution in [3.05, 3.63) is 57.5 Å². The smallest absolute Gasteiger partial charge is 0.251 e. The van der Waals surface area contributed by atoms with E-state index in [1.807, 2.05) is 6.92 Å². The van der Waals surface area contributed by atoms with Crippen LogP contribution in [0.3, 0.4) is 0 Å². The quantitative estimate of drug-likeness (QED) is 0.658. The number of thioether (sulfide) groups is 1. The molecule has 112 valence electrons. The highest BCUT2D eigenvalue weighted by Crippen LogP contribution is 2.22. The lowest BCUT2D eigenvalue weighted by molar-refractivity contribution is 0.816. The second-order valence-corrected chi connectivity index (χ2v) is 6.44. The van der Waals surface area contributed by atoms with Crippen LogP contribution in [0, 0.1) is 6.92 Å². The van der Waals surface area contributed by atoms with Gasteiger partial charge in [0.05, 0.1) is 0 Å². The first-order valence-electron chi connectivity index (χ1n) is 7.02. The van der Waals surface area contributed by atoms with E-state index in [1.54, 1.807) is 0 Å². The number of benzene rings is 1. The van der Waals surface area contributed by atoms with E-state index in [2.05, 4.69) is 48.1 Å². The van der Waals surface area contributed by atoms with Crippen LogP contribution in [0.5, 0.6) is 0 Å². The lowest BCUT2D eigenvalue weighted by Gasteiger charge is -2.13. The van der Waals surface area contributed by atoms with Crippen molar-refractivity contribution in [2.75, 3.05) is 5.75 Å². The molecule has 0 spiro atoms. The van der Waals surface area contributed by atoms with E-state index in [4.69, 9.17) is 5.73 Å². The number of hydrogen-bond donors (Lipinski definition) is 2. The first kappa shape index (κ1) is 15.8. The summed E-state index contributed by atoms with van der Waals surface area (Å²) in [5.74, 6) is 1.19. The molecule has 4 nitrogen and oxygen atoms in total. The summed E-state index contributed by atoms with van der Waals surface area (Å²) in [6, 6.07) is 9.80. The molecule has 0 aliphatic carbocycles. The summed E-state index contributed by atoms with van der Waals surface area (Å²) in [5.41, 5.74) is 9.21. The Bertz CT molecular complexity index is 649. The third-order valence-electron chi connectivity index (χ3n) is 3.28. The van der Waals surface area contributed by atoms with Crippen LogP contribution in [0.15, 0.2) is 40.3 Å². The summed E-state index contributed by atoms with van der Waals surface area (Å²) >= 11 is 1.47. The van der Waals surface area contributed by atoms with E-state index in [0.29, 0.717) is 16.8 Å². The number of hydrogen-bond acceptors (Lipinski definition) is 4. The number of nitrogens with zero attached hydrogens (tertiary/aromatic N) is 1. The van der Waals surface area contributed by atoms with Gasteiger partial charge in [-0.3, -0.25) is 4.79 Å². The Morgan fingerprint density at radius 1 is 1.24 bits per heavy atom. The molecular formula is C16H21N3OS. The van der Waals surface area contributed by atoms with Crippen molar-refractivity contribution in [2.45, 2.75) is 37.9 Å². The van der Waals surface area contributed by atoms with E-state index in [0.717, 1.165) is 11.3 Å². The Morgan fingerprint density at radius 3 is 2.43 bits per heavy atom. The van der Waals surface area contributed by atoms with E-state index in [-0.39, 0.29) is 11.6 Å². The van der Waals surface area contributed by atoms with Crippen LogP contribution in [0.25, 0.3) is 0 Å². The van der Waals surface area contributed by atoms with Gasteiger partial charge in [-0.25, -0.2) is 4.98 Å². The van der Waals surface area contributed by atoms with Gasteiger partial charge in [0.15, 0.2) is 5.16 Å². The van der Waals surface area contributed by atoms with Crippen molar-refractivity contribution in [1.29, 1.82) is 0 Å². The topological polar surface area (TPSA) is 71.8 Å². The van der Waals surface area contributed by atoms with Gasteiger partial charge in [0, 0.05) is 23.6 Å². The lowest BCUT2D eigenvalue weighted by Crippen LogP contribution is -2.14. The van der Waals surface area contributed by atoms with Crippen LogP contribution in [0.2, 0.25) is 0 Å². The molecule has 1 heterocycles. The van der Waals surface area contributed by atoms with Gasteiger partial charge in [0.25, 0.3) is 5.56 Å². The van der Waals surface area contributed by atoms with E-state index < -0.39 is 0 Å². The SMILES string of the molecule is Cc1cc(=O)[nH]c(SCC(N)c2ccc(C(C)C)cc2)n1. The van der Waals surface area contributed by atoms with Gasteiger partial charge in [0.2, 0.25) is 0 Å². The van der Waals surface area contributed by atoms with E-state index in [1.165, 1.54) is 23.4 Å². The molecule has 2 rings (SSSR count). The lowest BCUT2D eigenvalue weighted by atomic mass is 10.00. The largest absolute Gasteiger partial charge is 0.323 e. The van der Waals surface area contributed by atoms with Gasteiger partial charge >= 0.3 is 0 Å². The third kappa shape index (κ3) is 4.44. The molecule has 0 aliphatic heterocycles. The second-order valence-electron chi connectivity index (χ2n) is 5.43. The molecule has 0 saturated heterocycles. The molecule has 0 radical (unpaired) electrons. The molecule has 0 aliphatic rings. The first-order valence-corrected chi connectivity index (χ1v) is 8.00. The van der Waals surface area contributed by atoms with Crippen molar-refractivity contribution >= 4 is 11.8 Å². The summed E-state index contributed by atoms with van der Waals surface area (Å²) in [5, 5.41) is 0.620. The van der Waals surface area contributed by atoms with Crippen molar-refractivity contribution in [2.24, 2.45) is 5.73 Å². The molecule has 1 atom stereocenters. The molecule has 3 N–H and O–H groups in total. The number of nitrogens with two attached hydrogens (primary N) is 1. The normalized spacial score (nSPS) is 12.6. The molecule has 1 aromatic heterocycles. The molecule has 1 unspecified atom stereocenters. The maximum atomic E-state index is 11.4. The van der Waals surface area contributed by atoms with Crippen LogP contribution in [0.4, 0.5) is 0 Å². The summed E-state index contributed by atoms with van der Waals surface area (Å²) in [6.45, 7) is 6.15. The molecule has 2 aromatic rings. The van der Waals surface area contributed by atoms with Gasteiger partial charge in [-0.2, -0.15) is 0 Å². The zero-order valence-electron chi connectivity index (χ0n) is 12.6. The van der Waals surface area contributed by atoms with Crippen LogP contribution in [0.1, 0.15) is 42.6 Å². The number of aromatic nitrogens is 2. The molecule has 21 heavy (non-hydrogen) atoms. The average molecular weight is 303 g/mol. The number of aromatic amines is 1. The van der Waals surface area contributed by atoms with Gasteiger partial charge < -0.3 is 10.7 Å². The van der Waals surface area contributed by atoms with Crippen LogP contribution in [-0.2, 0) is 0 Å². The number of nitrogens with one attached hydrogen (secondary N) is 1. The van der Waals surface area contributed by atoms with E-state index in [9.17, 15) is 4.79 Å². The fourth-order valence-corrected chi connectivity index (χ4v) is 2.92. The molecule has 0 saturated carbocycles. The van der Waals surface area contributed by atoms with Crippen molar-refractivity contribution in [3.8, 4) is 0 Å². The minimum atomic E-state index is -0.125. The Kier molecular flexibility index (Phi) is 5.20. The molecule has 0 amide bonds. The Morgan fingerprint density at radius 2 is 1.86 bits per heavy atom. The van der Waals surface area contributed by atoms with Crippen LogP contribution in [-0.4, -0.2) is 15.7 Å². The van der Waals surface area contributed by atoms with Crippen molar-refractivity contribution in [3.63, 3.8) is 0 Å². The van der Waals surface area contributed by atoms with Gasteiger partial charge in [-0.15, -0.1) is 0 Å². The summed E-state index contributed by atoms with van der Waals surface area (Å²) < 4.78 is 0. The highest BCUT2D eigenvalue weighted by atomic mass is 32.2. The first-order chi connectivity index (χ1) is 9.95. The second kappa shape index (κ2) is 6.91. The summed E-state index contributed by atoms with van der Waals surface area (Å²) in [6.07, 6.45) is 0. The predicted octanol–water partition coefficient (Wildman–Crippen LogP) is 2.99. The fraction of sp³-hybridized carbons (Fsp3) is 0.375. The van der Waals surface area contributed by atoms with Crippen molar-refractivity contribution in [1.82, 2.24) is 9.97 Å². The number of rotatable bonds is 5. The number of aryl methyl sites for hydroxylation is 1. The van der Waals surface area contributed by atoms with Crippen molar-refractivity contribution < 1.29 is 0 Å². The molecular weight excluding hydrogens is 282 g/mol. The summed E-state index contributed by atoms with van der Waals surface area (Å²) in [7, 11) is 0. The van der Waals surface area contributed by atoms with E-state index >= 15 is 0 Å². The highest BCUT2D eigenvalue weighted by Gasteiger charge is 2.09. The fourth-order valence-electron chi connectivity index (χ4n) is 2.01.